The van der Waals surface area contributed by atoms with Crippen molar-refractivity contribution >= 4 is 11.6 Å². The highest BCUT2D eigenvalue weighted by atomic mass is 35.5. The highest BCUT2D eigenvalue weighted by Crippen LogP contribution is 2.35. The van der Waals surface area contributed by atoms with Gasteiger partial charge in [-0.3, -0.25) is 0 Å². The zero-order valence-electron chi connectivity index (χ0n) is 13.3. The fraction of sp³-hybridized carbons (Fsp3) is 0.222. The number of rotatable bonds is 4. The highest BCUT2D eigenvalue weighted by molar-refractivity contribution is 6.31. The van der Waals surface area contributed by atoms with Crippen LogP contribution in [-0.4, -0.2) is 33.1 Å². The summed E-state index contributed by atoms with van der Waals surface area (Å²) in [5, 5.41) is 15.3. The van der Waals surface area contributed by atoms with Gasteiger partial charge in [0.1, 0.15) is 25.6 Å². The molecule has 1 aliphatic heterocycles. The topological polar surface area (TPSA) is 69.4 Å². The van der Waals surface area contributed by atoms with Gasteiger partial charge >= 0.3 is 0 Å². The van der Waals surface area contributed by atoms with Gasteiger partial charge in [-0.1, -0.05) is 41.9 Å². The number of benzene rings is 2. The van der Waals surface area contributed by atoms with Crippen molar-refractivity contribution in [2.45, 2.75) is 12.6 Å². The largest absolute Gasteiger partial charge is 0.486 e. The monoisotopic (exact) mass is 357 g/mol. The van der Waals surface area contributed by atoms with E-state index in [-0.39, 0.29) is 0 Å². The summed E-state index contributed by atoms with van der Waals surface area (Å²) in [6, 6.07) is 12.9. The van der Waals surface area contributed by atoms with E-state index in [2.05, 4.69) is 10.1 Å². The van der Waals surface area contributed by atoms with E-state index in [0.717, 1.165) is 11.1 Å². The van der Waals surface area contributed by atoms with Crippen molar-refractivity contribution in [2.24, 2.45) is 0 Å². The summed E-state index contributed by atoms with van der Waals surface area (Å²) in [5.74, 6) is 1.67. The first-order valence-corrected chi connectivity index (χ1v) is 8.29. The third kappa shape index (κ3) is 3.31. The molecule has 2 aromatic carbocycles. The summed E-state index contributed by atoms with van der Waals surface area (Å²) < 4.78 is 12.7. The molecule has 0 saturated heterocycles. The summed E-state index contributed by atoms with van der Waals surface area (Å²) in [7, 11) is 0. The van der Waals surface area contributed by atoms with E-state index in [1.807, 2.05) is 36.4 Å². The van der Waals surface area contributed by atoms with E-state index in [9.17, 15) is 5.11 Å². The van der Waals surface area contributed by atoms with Gasteiger partial charge in [0.2, 0.25) is 0 Å². The van der Waals surface area contributed by atoms with E-state index in [1.54, 1.807) is 17.1 Å². The van der Waals surface area contributed by atoms with Crippen molar-refractivity contribution in [2.75, 3.05) is 13.2 Å². The fourth-order valence-corrected chi connectivity index (χ4v) is 2.91. The first-order chi connectivity index (χ1) is 12.2. The van der Waals surface area contributed by atoms with Gasteiger partial charge in [0, 0.05) is 11.1 Å². The Morgan fingerprint density at radius 2 is 1.84 bits per heavy atom. The van der Waals surface area contributed by atoms with E-state index < -0.39 is 6.10 Å². The van der Waals surface area contributed by atoms with Crippen LogP contribution in [0, 0.1) is 0 Å². The van der Waals surface area contributed by atoms with Crippen LogP contribution in [0.2, 0.25) is 5.02 Å². The SMILES string of the molecule is OC(c1ccccc1)c1ncn(Cc2cc3c(cc2Cl)OCCO3)n1. The quantitative estimate of drug-likeness (QED) is 0.777. The van der Waals surface area contributed by atoms with Gasteiger partial charge in [0.15, 0.2) is 17.3 Å². The minimum atomic E-state index is -0.863. The molecule has 128 valence electrons. The Kier molecular flexibility index (Phi) is 4.29. The Bertz CT molecular complexity index is 883. The second-order valence-corrected chi connectivity index (χ2v) is 6.11. The van der Waals surface area contributed by atoms with E-state index in [1.165, 1.54) is 0 Å². The third-order valence-corrected chi connectivity index (χ3v) is 4.31. The number of hydrogen-bond acceptors (Lipinski definition) is 5. The molecule has 0 amide bonds. The van der Waals surface area contributed by atoms with E-state index in [0.29, 0.717) is 42.1 Å². The highest BCUT2D eigenvalue weighted by Gasteiger charge is 2.17. The average molecular weight is 358 g/mol. The molecule has 0 aliphatic carbocycles. The van der Waals surface area contributed by atoms with Gasteiger partial charge in [-0.25, -0.2) is 9.67 Å². The molecular formula is C18H16ClN3O3. The van der Waals surface area contributed by atoms with Crippen molar-refractivity contribution < 1.29 is 14.6 Å². The van der Waals surface area contributed by atoms with Gasteiger partial charge in [-0.15, -0.1) is 0 Å². The van der Waals surface area contributed by atoms with Gasteiger partial charge in [0.25, 0.3) is 0 Å². The summed E-state index contributed by atoms with van der Waals surface area (Å²) in [6.07, 6.45) is 0.715. The van der Waals surface area contributed by atoms with Crippen LogP contribution in [0.4, 0.5) is 0 Å². The lowest BCUT2D eigenvalue weighted by Gasteiger charge is -2.19. The van der Waals surface area contributed by atoms with Crippen LogP contribution < -0.4 is 9.47 Å². The van der Waals surface area contributed by atoms with E-state index >= 15 is 0 Å². The second-order valence-electron chi connectivity index (χ2n) is 5.70. The molecule has 2 heterocycles. The minimum absolute atomic E-state index is 0.347. The lowest BCUT2D eigenvalue weighted by molar-refractivity contribution is 0.171. The Balaban J connectivity index is 1.55. The molecule has 0 spiro atoms. The van der Waals surface area contributed by atoms with Crippen molar-refractivity contribution in [3.8, 4) is 11.5 Å². The van der Waals surface area contributed by atoms with Crippen molar-refractivity contribution in [1.29, 1.82) is 0 Å². The molecule has 0 radical (unpaired) electrons. The number of aliphatic hydroxyl groups is 1. The lowest BCUT2D eigenvalue weighted by atomic mass is 10.1. The smallest absolute Gasteiger partial charge is 0.183 e. The van der Waals surface area contributed by atoms with Crippen LogP contribution in [0.1, 0.15) is 23.1 Å². The number of ether oxygens (including phenoxy) is 2. The maximum absolute atomic E-state index is 10.4. The molecule has 1 unspecified atom stereocenters. The number of aromatic nitrogens is 3. The summed E-state index contributed by atoms with van der Waals surface area (Å²) in [5.41, 5.74) is 1.59. The van der Waals surface area contributed by atoms with Crippen molar-refractivity contribution in [3.63, 3.8) is 0 Å². The predicted molar refractivity (Wildman–Crippen MR) is 92.1 cm³/mol. The first-order valence-electron chi connectivity index (χ1n) is 7.91. The molecule has 0 saturated carbocycles. The molecular weight excluding hydrogens is 342 g/mol. The summed E-state index contributed by atoms with van der Waals surface area (Å²) in [4.78, 5) is 4.21. The Morgan fingerprint density at radius 3 is 2.60 bits per heavy atom. The molecule has 1 atom stereocenters. The molecule has 25 heavy (non-hydrogen) atoms. The van der Waals surface area contributed by atoms with Crippen LogP contribution in [-0.2, 0) is 6.54 Å². The maximum atomic E-state index is 10.4. The Labute approximate surface area is 149 Å². The number of hydrogen-bond donors (Lipinski definition) is 1. The van der Waals surface area contributed by atoms with Crippen LogP contribution in [0.25, 0.3) is 0 Å². The molecule has 4 rings (SSSR count). The summed E-state index contributed by atoms with van der Waals surface area (Å²) in [6.45, 7) is 1.46. The number of halogens is 1. The van der Waals surface area contributed by atoms with Crippen molar-refractivity contribution in [1.82, 2.24) is 14.8 Å². The van der Waals surface area contributed by atoms with Crippen LogP contribution >= 0.6 is 11.6 Å². The molecule has 3 aromatic rings. The number of aliphatic hydroxyl groups excluding tert-OH is 1. The molecule has 7 heteroatoms. The molecule has 1 aliphatic rings. The zero-order chi connectivity index (χ0) is 17.2. The summed E-state index contributed by atoms with van der Waals surface area (Å²) >= 11 is 6.33. The fourth-order valence-electron chi connectivity index (χ4n) is 2.70. The molecule has 6 nitrogen and oxygen atoms in total. The Morgan fingerprint density at radius 1 is 1.12 bits per heavy atom. The first kappa shape index (κ1) is 15.9. The molecule has 0 fully saturated rings. The van der Waals surface area contributed by atoms with Crippen LogP contribution in [0.3, 0.4) is 0 Å². The maximum Gasteiger partial charge on any atom is 0.183 e. The molecule has 0 bridgehead atoms. The number of fused-ring (bicyclic) bond motifs is 1. The van der Waals surface area contributed by atoms with Gasteiger partial charge in [-0.05, 0) is 17.2 Å². The molecule has 1 N–H and O–H groups in total. The van der Waals surface area contributed by atoms with Crippen LogP contribution in [0.5, 0.6) is 11.5 Å². The standard InChI is InChI=1S/C18H16ClN3O3/c19-14-9-16-15(24-6-7-25-16)8-13(14)10-22-11-20-18(21-22)17(23)12-4-2-1-3-5-12/h1-5,8-9,11,17,23H,6-7,10H2. The van der Waals surface area contributed by atoms with Crippen molar-refractivity contribution in [3.05, 3.63) is 70.8 Å². The van der Waals surface area contributed by atoms with Gasteiger partial charge in [-0.2, -0.15) is 5.10 Å². The third-order valence-electron chi connectivity index (χ3n) is 3.96. The lowest BCUT2D eigenvalue weighted by Crippen LogP contribution is -2.16. The molecule has 1 aromatic heterocycles. The second kappa shape index (κ2) is 6.74. The van der Waals surface area contributed by atoms with Gasteiger partial charge < -0.3 is 14.6 Å². The zero-order valence-corrected chi connectivity index (χ0v) is 14.1. The average Bonchev–Trinajstić information content (AvgIpc) is 3.11. The predicted octanol–water partition coefficient (Wildman–Crippen LogP) is 2.83. The normalized spacial score (nSPS) is 14.3. The Hall–Kier alpha value is -2.57. The van der Waals surface area contributed by atoms with E-state index in [4.69, 9.17) is 21.1 Å². The van der Waals surface area contributed by atoms with Crippen LogP contribution in [0.15, 0.2) is 48.8 Å². The minimum Gasteiger partial charge on any atom is -0.486 e. The van der Waals surface area contributed by atoms with Gasteiger partial charge in [0.05, 0.1) is 6.54 Å². The number of nitrogens with zero attached hydrogens (tertiary/aromatic N) is 3.